The SMILES string of the molecule is c1cc(-c2cccc3ccccc23)cc(N(c2ccc(-c3ccc(-c4cccc5ccccc45)cc3)cc2)c2cccc3ccccc23)c1. The van der Waals surface area contributed by atoms with E-state index in [1.54, 1.807) is 0 Å². The zero-order valence-electron chi connectivity index (χ0n) is 27.0. The van der Waals surface area contributed by atoms with Crippen LogP contribution in [0.4, 0.5) is 17.1 Å². The Morgan fingerprint density at radius 1 is 0.265 bits per heavy atom. The molecule has 0 aliphatic heterocycles. The molecule has 0 N–H and O–H groups in total. The van der Waals surface area contributed by atoms with Gasteiger partial charge in [0.15, 0.2) is 0 Å². The standard InChI is InChI=1S/C48H33N/c1-4-19-43-36(11-1)14-8-22-45(43)39-27-25-34(26-28-39)35-29-31-41(32-30-35)49(48-24-10-16-38-13-3-6-21-47(38)48)42-18-7-17-40(33-42)46-23-9-15-37-12-2-5-20-44(37)46/h1-33H. The quantitative estimate of drug-likeness (QED) is 0.178. The molecule has 9 aromatic carbocycles. The van der Waals surface area contributed by atoms with E-state index < -0.39 is 0 Å². The van der Waals surface area contributed by atoms with Gasteiger partial charge in [0.2, 0.25) is 0 Å². The number of fused-ring (bicyclic) bond motifs is 3. The van der Waals surface area contributed by atoms with E-state index in [0.29, 0.717) is 0 Å². The van der Waals surface area contributed by atoms with Crippen molar-refractivity contribution in [3.8, 4) is 33.4 Å². The third-order valence-corrected chi connectivity index (χ3v) is 9.66. The molecule has 1 heteroatoms. The fourth-order valence-electron chi connectivity index (χ4n) is 7.24. The van der Waals surface area contributed by atoms with Gasteiger partial charge in [-0.3, -0.25) is 0 Å². The third kappa shape index (κ3) is 5.32. The number of benzene rings is 9. The van der Waals surface area contributed by atoms with Crippen molar-refractivity contribution in [2.24, 2.45) is 0 Å². The van der Waals surface area contributed by atoms with Crippen molar-refractivity contribution in [2.45, 2.75) is 0 Å². The van der Waals surface area contributed by atoms with Crippen LogP contribution >= 0.6 is 0 Å². The van der Waals surface area contributed by atoms with Crippen molar-refractivity contribution in [3.05, 3.63) is 200 Å². The van der Waals surface area contributed by atoms with Crippen LogP contribution in [0, 0.1) is 0 Å². The minimum atomic E-state index is 1.11. The third-order valence-electron chi connectivity index (χ3n) is 9.66. The first-order valence-corrected chi connectivity index (χ1v) is 16.8. The van der Waals surface area contributed by atoms with E-state index in [9.17, 15) is 0 Å². The highest BCUT2D eigenvalue weighted by atomic mass is 15.1. The molecule has 49 heavy (non-hydrogen) atoms. The predicted molar refractivity (Wildman–Crippen MR) is 210 cm³/mol. The Balaban J connectivity index is 1.12. The van der Waals surface area contributed by atoms with Crippen molar-refractivity contribution >= 4 is 49.4 Å². The van der Waals surface area contributed by atoms with Crippen LogP contribution in [-0.2, 0) is 0 Å². The lowest BCUT2D eigenvalue weighted by atomic mass is 9.96. The van der Waals surface area contributed by atoms with Crippen LogP contribution in [-0.4, -0.2) is 0 Å². The van der Waals surface area contributed by atoms with Crippen LogP contribution in [0.3, 0.4) is 0 Å². The minimum absolute atomic E-state index is 1.11. The molecule has 0 bridgehead atoms. The van der Waals surface area contributed by atoms with E-state index >= 15 is 0 Å². The second kappa shape index (κ2) is 12.3. The van der Waals surface area contributed by atoms with Crippen molar-refractivity contribution in [2.75, 3.05) is 4.90 Å². The molecule has 0 fully saturated rings. The summed E-state index contributed by atoms with van der Waals surface area (Å²) in [6.07, 6.45) is 0. The zero-order chi connectivity index (χ0) is 32.6. The van der Waals surface area contributed by atoms with Gasteiger partial charge >= 0.3 is 0 Å². The second-order valence-corrected chi connectivity index (χ2v) is 12.6. The first-order valence-electron chi connectivity index (χ1n) is 16.8. The van der Waals surface area contributed by atoms with Crippen molar-refractivity contribution in [1.82, 2.24) is 0 Å². The normalized spacial score (nSPS) is 11.3. The van der Waals surface area contributed by atoms with Crippen LogP contribution in [0.15, 0.2) is 200 Å². The Bertz CT molecular complexity index is 2580. The highest BCUT2D eigenvalue weighted by Crippen LogP contribution is 2.41. The van der Waals surface area contributed by atoms with E-state index in [1.165, 1.54) is 65.7 Å². The summed E-state index contributed by atoms with van der Waals surface area (Å²) in [4.78, 5) is 2.39. The monoisotopic (exact) mass is 623 g/mol. The molecule has 0 radical (unpaired) electrons. The summed E-state index contributed by atoms with van der Waals surface area (Å²) in [5.74, 6) is 0. The molecule has 0 aromatic heterocycles. The van der Waals surface area contributed by atoms with Crippen molar-refractivity contribution < 1.29 is 0 Å². The molecule has 230 valence electrons. The Morgan fingerprint density at radius 2 is 0.714 bits per heavy atom. The molecule has 0 saturated heterocycles. The first-order chi connectivity index (χ1) is 24.3. The largest absolute Gasteiger partial charge is 0.310 e. The lowest BCUT2D eigenvalue weighted by Crippen LogP contribution is -2.10. The Morgan fingerprint density at radius 3 is 1.35 bits per heavy atom. The van der Waals surface area contributed by atoms with Gasteiger partial charge in [0.25, 0.3) is 0 Å². The molecule has 0 amide bonds. The van der Waals surface area contributed by atoms with Gasteiger partial charge in [0.1, 0.15) is 0 Å². The summed E-state index contributed by atoms with van der Waals surface area (Å²) in [7, 11) is 0. The summed E-state index contributed by atoms with van der Waals surface area (Å²) in [5, 5.41) is 7.48. The molecule has 9 aromatic rings. The van der Waals surface area contributed by atoms with Crippen molar-refractivity contribution in [3.63, 3.8) is 0 Å². The maximum Gasteiger partial charge on any atom is 0.0540 e. The van der Waals surface area contributed by atoms with Crippen LogP contribution in [0.25, 0.3) is 65.7 Å². The lowest BCUT2D eigenvalue weighted by molar-refractivity contribution is 1.30. The number of anilines is 3. The lowest BCUT2D eigenvalue weighted by Gasteiger charge is -2.27. The second-order valence-electron chi connectivity index (χ2n) is 12.6. The van der Waals surface area contributed by atoms with Gasteiger partial charge in [-0.2, -0.15) is 0 Å². The summed E-state index contributed by atoms with van der Waals surface area (Å²) in [6, 6.07) is 72.4. The van der Waals surface area contributed by atoms with E-state index in [2.05, 4.69) is 205 Å². The molecule has 0 aliphatic rings. The van der Waals surface area contributed by atoms with Gasteiger partial charge in [0, 0.05) is 16.8 Å². The average Bonchev–Trinajstić information content (AvgIpc) is 3.18. The summed E-state index contributed by atoms with van der Waals surface area (Å²) in [5.41, 5.74) is 10.7. The van der Waals surface area contributed by atoms with Gasteiger partial charge in [-0.05, 0) is 90.6 Å². The minimum Gasteiger partial charge on any atom is -0.310 e. The van der Waals surface area contributed by atoms with Crippen LogP contribution < -0.4 is 4.90 Å². The highest BCUT2D eigenvalue weighted by Gasteiger charge is 2.17. The Kier molecular flexibility index (Phi) is 7.22. The molecular formula is C48H33N. The average molecular weight is 624 g/mol. The summed E-state index contributed by atoms with van der Waals surface area (Å²) < 4.78 is 0. The summed E-state index contributed by atoms with van der Waals surface area (Å²) in [6.45, 7) is 0. The zero-order valence-corrected chi connectivity index (χ0v) is 27.0. The van der Waals surface area contributed by atoms with Gasteiger partial charge in [-0.15, -0.1) is 0 Å². The molecule has 0 aliphatic carbocycles. The highest BCUT2D eigenvalue weighted by molar-refractivity contribution is 6.01. The molecule has 1 nitrogen and oxygen atoms in total. The Hall–Kier alpha value is -6.44. The number of hydrogen-bond donors (Lipinski definition) is 0. The van der Waals surface area contributed by atoms with Gasteiger partial charge in [-0.1, -0.05) is 170 Å². The molecule has 0 atom stereocenters. The summed E-state index contributed by atoms with van der Waals surface area (Å²) >= 11 is 0. The van der Waals surface area contributed by atoms with Gasteiger partial charge in [-0.25, -0.2) is 0 Å². The van der Waals surface area contributed by atoms with Crippen LogP contribution in [0.5, 0.6) is 0 Å². The fourth-order valence-corrected chi connectivity index (χ4v) is 7.24. The van der Waals surface area contributed by atoms with Crippen molar-refractivity contribution in [1.29, 1.82) is 0 Å². The van der Waals surface area contributed by atoms with E-state index in [4.69, 9.17) is 0 Å². The maximum absolute atomic E-state index is 2.39. The molecule has 0 spiro atoms. The van der Waals surface area contributed by atoms with E-state index in [-0.39, 0.29) is 0 Å². The molecule has 0 unspecified atom stereocenters. The maximum atomic E-state index is 2.39. The molecule has 0 heterocycles. The molecule has 0 saturated carbocycles. The van der Waals surface area contributed by atoms with E-state index in [1.807, 2.05) is 0 Å². The molecule has 9 rings (SSSR count). The van der Waals surface area contributed by atoms with Gasteiger partial charge < -0.3 is 4.90 Å². The van der Waals surface area contributed by atoms with Gasteiger partial charge in [0.05, 0.1) is 5.69 Å². The van der Waals surface area contributed by atoms with Crippen LogP contribution in [0.2, 0.25) is 0 Å². The number of hydrogen-bond acceptors (Lipinski definition) is 1. The smallest absolute Gasteiger partial charge is 0.0540 e. The topological polar surface area (TPSA) is 3.24 Å². The Labute approximate surface area is 287 Å². The first kappa shape index (κ1) is 28.8. The number of nitrogens with zero attached hydrogens (tertiary/aromatic N) is 1. The van der Waals surface area contributed by atoms with E-state index in [0.717, 1.165) is 17.1 Å². The predicted octanol–water partition coefficient (Wildman–Crippen LogP) is 13.6. The molecular weight excluding hydrogens is 591 g/mol. The van der Waals surface area contributed by atoms with Crippen LogP contribution in [0.1, 0.15) is 0 Å². The number of rotatable bonds is 6. The fraction of sp³-hybridized carbons (Fsp3) is 0.